The molecule has 1 aromatic carbocycles. The lowest BCUT2D eigenvalue weighted by Gasteiger charge is -2.47. The second-order valence-electron chi connectivity index (χ2n) is 8.99. The van der Waals surface area contributed by atoms with Crippen molar-refractivity contribution in [2.24, 2.45) is 12.5 Å². The van der Waals surface area contributed by atoms with Crippen LogP contribution in [0, 0.1) is 5.41 Å². The van der Waals surface area contributed by atoms with Gasteiger partial charge in [0.25, 0.3) is 0 Å². The third-order valence-electron chi connectivity index (χ3n) is 7.41. The zero-order chi connectivity index (χ0) is 18.3. The van der Waals surface area contributed by atoms with Crippen LogP contribution in [-0.4, -0.2) is 56.8 Å². The molecule has 1 aromatic heterocycles. The first-order chi connectivity index (χ1) is 13.2. The molecular formula is C22H32ClN5. The number of rotatable bonds is 4. The van der Waals surface area contributed by atoms with Crippen LogP contribution in [0.2, 0.25) is 0 Å². The Kier molecular flexibility index (Phi) is 5.77. The van der Waals surface area contributed by atoms with Crippen molar-refractivity contribution >= 4 is 12.4 Å². The molecule has 0 bridgehead atoms. The number of hydrogen-bond acceptors (Lipinski definition) is 4. The number of likely N-dealkylation sites (tertiary alicyclic amines) is 2. The molecule has 0 N–H and O–H groups in total. The van der Waals surface area contributed by atoms with Gasteiger partial charge in [-0.2, -0.15) is 0 Å². The number of aryl methyl sites for hydroxylation is 1. The van der Waals surface area contributed by atoms with E-state index in [1.54, 1.807) is 0 Å². The van der Waals surface area contributed by atoms with Crippen LogP contribution in [-0.2, 0) is 13.6 Å². The van der Waals surface area contributed by atoms with Gasteiger partial charge in [-0.15, -0.1) is 22.6 Å². The Labute approximate surface area is 174 Å². The van der Waals surface area contributed by atoms with E-state index in [9.17, 15) is 0 Å². The molecule has 1 spiro atoms. The van der Waals surface area contributed by atoms with Crippen molar-refractivity contribution in [2.45, 2.75) is 50.6 Å². The van der Waals surface area contributed by atoms with Gasteiger partial charge < -0.3 is 9.47 Å². The fourth-order valence-corrected chi connectivity index (χ4v) is 5.59. The van der Waals surface area contributed by atoms with Gasteiger partial charge in [0.15, 0.2) is 0 Å². The van der Waals surface area contributed by atoms with Gasteiger partial charge in [-0.3, -0.25) is 4.90 Å². The summed E-state index contributed by atoms with van der Waals surface area (Å²) in [4.78, 5) is 5.43. The van der Waals surface area contributed by atoms with Gasteiger partial charge in [-0.1, -0.05) is 36.8 Å². The number of halogens is 1. The van der Waals surface area contributed by atoms with E-state index in [2.05, 4.69) is 61.9 Å². The van der Waals surface area contributed by atoms with E-state index in [0.717, 1.165) is 19.1 Å². The largest absolute Gasteiger partial charge is 0.320 e. The fourth-order valence-electron chi connectivity index (χ4n) is 5.59. The average molecular weight is 402 g/mol. The summed E-state index contributed by atoms with van der Waals surface area (Å²) in [5.41, 5.74) is 1.77. The molecule has 3 aliphatic rings. The van der Waals surface area contributed by atoms with E-state index in [-0.39, 0.29) is 12.4 Å². The van der Waals surface area contributed by atoms with Crippen LogP contribution < -0.4 is 0 Å². The van der Waals surface area contributed by atoms with E-state index in [4.69, 9.17) is 0 Å². The molecule has 5 nitrogen and oxygen atoms in total. The van der Waals surface area contributed by atoms with E-state index >= 15 is 0 Å². The van der Waals surface area contributed by atoms with Gasteiger partial charge in [0.05, 0.1) is 0 Å². The Morgan fingerprint density at radius 1 is 1.11 bits per heavy atom. The van der Waals surface area contributed by atoms with Gasteiger partial charge >= 0.3 is 0 Å². The maximum absolute atomic E-state index is 4.54. The normalized spacial score (nSPS) is 25.5. The van der Waals surface area contributed by atoms with Crippen molar-refractivity contribution in [3.63, 3.8) is 0 Å². The number of nitrogens with zero attached hydrogens (tertiary/aromatic N) is 5. The van der Waals surface area contributed by atoms with Gasteiger partial charge in [0.1, 0.15) is 12.2 Å². The summed E-state index contributed by atoms with van der Waals surface area (Å²) in [6.45, 7) is 5.86. The summed E-state index contributed by atoms with van der Waals surface area (Å²) in [6, 6.07) is 11.8. The summed E-state index contributed by atoms with van der Waals surface area (Å²) in [5, 5.41) is 8.75. The molecule has 1 aliphatic carbocycles. The predicted molar refractivity (Wildman–Crippen MR) is 114 cm³/mol. The van der Waals surface area contributed by atoms with Crippen LogP contribution in [0.4, 0.5) is 0 Å². The van der Waals surface area contributed by atoms with Crippen molar-refractivity contribution < 1.29 is 0 Å². The lowest BCUT2D eigenvalue weighted by Crippen LogP contribution is -2.49. The van der Waals surface area contributed by atoms with Crippen LogP contribution >= 0.6 is 12.4 Å². The summed E-state index contributed by atoms with van der Waals surface area (Å²) in [6.07, 6.45) is 8.73. The van der Waals surface area contributed by atoms with Crippen molar-refractivity contribution in [2.75, 3.05) is 26.2 Å². The monoisotopic (exact) mass is 401 g/mol. The zero-order valence-corrected chi connectivity index (χ0v) is 17.7. The van der Waals surface area contributed by atoms with E-state index in [1.165, 1.54) is 63.1 Å². The summed E-state index contributed by atoms with van der Waals surface area (Å²) < 4.78 is 2.15. The average Bonchev–Trinajstić information content (AvgIpc) is 3.20. The van der Waals surface area contributed by atoms with Crippen LogP contribution in [0.3, 0.4) is 0 Å². The first-order valence-corrected chi connectivity index (χ1v) is 10.6. The molecule has 28 heavy (non-hydrogen) atoms. The molecule has 6 heteroatoms. The Morgan fingerprint density at radius 2 is 1.86 bits per heavy atom. The molecule has 5 rings (SSSR count). The van der Waals surface area contributed by atoms with Crippen LogP contribution in [0.1, 0.15) is 49.4 Å². The Bertz CT molecular complexity index is 764. The molecule has 1 atom stereocenters. The van der Waals surface area contributed by atoms with Crippen molar-refractivity contribution in [3.05, 3.63) is 48.0 Å². The minimum absolute atomic E-state index is 0. The van der Waals surface area contributed by atoms with Gasteiger partial charge in [0.2, 0.25) is 0 Å². The number of benzene rings is 1. The first-order valence-electron chi connectivity index (χ1n) is 10.6. The molecule has 2 aliphatic heterocycles. The molecule has 0 amide bonds. The first kappa shape index (κ1) is 19.9. The van der Waals surface area contributed by atoms with Crippen LogP contribution in [0.25, 0.3) is 0 Å². The van der Waals surface area contributed by atoms with Crippen molar-refractivity contribution in [3.8, 4) is 0 Å². The third kappa shape index (κ3) is 3.60. The van der Waals surface area contributed by atoms with Gasteiger partial charge in [-0.25, -0.2) is 0 Å². The standard InChI is InChI=1S/C22H31N5.ClH/c1-25-17-23-24-21(25)20-15-26(14-18-6-3-2-4-7-18)16-22(20)10-12-27(13-11-22)19-8-5-9-19;/h2-4,6-7,17,19-20H,5,8-16H2,1H3;1H. The van der Waals surface area contributed by atoms with E-state index < -0.39 is 0 Å². The molecule has 2 saturated heterocycles. The second-order valence-corrected chi connectivity index (χ2v) is 8.99. The molecule has 1 saturated carbocycles. The quantitative estimate of drug-likeness (QED) is 0.786. The molecule has 2 aromatic rings. The second kappa shape index (κ2) is 8.13. The minimum atomic E-state index is 0. The van der Waals surface area contributed by atoms with E-state index in [1.807, 2.05) is 6.33 Å². The predicted octanol–water partition coefficient (Wildman–Crippen LogP) is 3.47. The third-order valence-corrected chi connectivity index (χ3v) is 7.41. The summed E-state index contributed by atoms with van der Waals surface area (Å²) in [5.74, 6) is 1.68. The minimum Gasteiger partial charge on any atom is -0.320 e. The lowest BCUT2D eigenvalue weighted by molar-refractivity contribution is 0.0386. The zero-order valence-electron chi connectivity index (χ0n) is 16.8. The highest BCUT2D eigenvalue weighted by atomic mass is 35.5. The lowest BCUT2D eigenvalue weighted by atomic mass is 9.69. The molecule has 3 fully saturated rings. The highest BCUT2D eigenvalue weighted by molar-refractivity contribution is 5.85. The van der Waals surface area contributed by atoms with E-state index in [0.29, 0.717) is 11.3 Å². The van der Waals surface area contributed by atoms with Crippen LogP contribution in [0.5, 0.6) is 0 Å². The summed E-state index contributed by atoms with van der Waals surface area (Å²) in [7, 11) is 2.10. The Morgan fingerprint density at radius 3 is 2.46 bits per heavy atom. The molecule has 1 unspecified atom stereocenters. The maximum Gasteiger partial charge on any atom is 0.137 e. The number of piperidine rings is 1. The van der Waals surface area contributed by atoms with Crippen molar-refractivity contribution in [1.82, 2.24) is 24.6 Å². The number of aromatic nitrogens is 3. The van der Waals surface area contributed by atoms with Crippen molar-refractivity contribution in [1.29, 1.82) is 0 Å². The molecule has 0 radical (unpaired) electrons. The molecular weight excluding hydrogens is 370 g/mol. The van der Waals surface area contributed by atoms with Gasteiger partial charge in [-0.05, 0) is 49.8 Å². The topological polar surface area (TPSA) is 37.2 Å². The van der Waals surface area contributed by atoms with Crippen LogP contribution in [0.15, 0.2) is 36.7 Å². The fraction of sp³-hybridized carbons (Fsp3) is 0.636. The SMILES string of the molecule is Cl.Cn1cnnc1C1CN(Cc2ccccc2)CC12CCN(C1CCC1)CC2. The smallest absolute Gasteiger partial charge is 0.137 e. The maximum atomic E-state index is 4.54. The molecule has 152 valence electrons. The van der Waals surface area contributed by atoms with Gasteiger partial charge in [0, 0.05) is 38.6 Å². The highest BCUT2D eigenvalue weighted by Crippen LogP contribution is 2.50. The number of hydrogen-bond donors (Lipinski definition) is 0. The Balaban J connectivity index is 0.00000192. The highest BCUT2D eigenvalue weighted by Gasteiger charge is 2.50. The molecule has 3 heterocycles. The summed E-state index contributed by atoms with van der Waals surface area (Å²) >= 11 is 0. The Hall–Kier alpha value is -1.43.